The van der Waals surface area contributed by atoms with Crippen LogP contribution in [-0.4, -0.2) is 13.7 Å². The zero-order valence-corrected chi connectivity index (χ0v) is 18.6. The van der Waals surface area contributed by atoms with Crippen LogP contribution in [0.3, 0.4) is 0 Å². The number of nitrogens with one attached hydrogen (secondary N) is 1. The Morgan fingerprint density at radius 1 is 0.833 bits per heavy atom. The van der Waals surface area contributed by atoms with Crippen molar-refractivity contribution < 1.29 is 14.2 Å². The Labute approximate surface area is 187 Å². The highest BCUT2D eigenvalue weighted by molar-refractivity contribution is 6.32. The van der Waals surface area contributed by atoms with Gasteiger partial charge in [0.15, 0.2) is 11.5 Å². The fourth-order valence-corrected chi connectivity index (χ4v) is 3.50. The second kappa shape index (κ2) is 11.1. The van der Waals surface area contributed by atoms with Gasteiger partial charge in [0.1, 0.15) is 12.4 Å². The molecule has 3 aromatic rings. The van der Waals surface area contributed by atoms with Crippen molar-refractivity contribution in [2.24, 2.45) is 0 Å². The minimum atomic E-state index is 0.357. The number of hydrogen-bond acceptors (Lipinski definition) is 4. The molecule has 0 unspecified atom stereocenters. The Bertz CT molecular complexity index is 961. The van der Waals surface area contributed by atoms with E-state index in [-0.39, 0.29) is 0 Å². The summed E-state index contributed by atoms with van der Waals surface area (Å²) in [6, 6.07) is 19.4. The highest BCUT2D eigenvalue weighted by Crippen LogP contribution is 2.37. The largest absolute Gasteiger partial charge is 0.497 e. The zero-order valence-electron chi connectivity index (χ0n) is 17.1. The summed E-state index contributed by atoms with van der Waals surface area (Å²) < 4.78 is 16.9. The standard InChI is InChI=1S/C24H25Cl2NO3/c1-3-29-23-13-19(15-27-14-17-7-9-21(28-2)10-8-17)12-22(26)24(23)30-16-18-5-4-6-20(25)11-18/h4-13,27H,3,14-16H2,1-2H3. The van der Waals surface area contributed by atoms with Gasteiger partial charge < -0.3 is 19.5 Å². The lowest BCUT2D eigenvalue weighted by Gasteiger charge is -2.16. The Morgan fingerprint density at radius 2 is 1.60 bits per heavy atom. The average Bonchev–Trinajstić information content (AvgIpc) is 2.74. The van der Waals surface area contributed by atoms with Crippen LogP contribution in [0.15, 0.2) is 60.7 Å². The van der Waals surface area contributed by atoms with Gasteiger partial charge >= 0.3 is 0 Å². The van der Waals surface area contributed by atoms with Gasteiger partial charge in [-0.15, -0.1) is 0 Å². The molecule has 1 N–H and O–H groups in total. The number of rotatable bonds is 10. The van der Waals surface area contributed by atoms with E-state index < -0.39 is 0 Å². The molecule has 4 nitrogen and oxygen atoms in total. The van der Waals surface area contributed by atoms with E-state index >= 15 is 0 Å². The molecule has 158 valence electrons. The molecule has 0 spiro atoms. The predicted molar refractivity (Wildman–Crippen MR) is 122 cm³/mol. The van der Waals surface area contributed by atoms with E-state index in [9.17, 15) is 0 Å². The fraction of sp³-hybridized carbons (Fsp3) is 0.250. The molecule has 0 aliphatic heterocycles. The monoisotopic (exact) mass is 445 g/mol. The van der Waals surface area contributed by atoms with Crippen LogP contribution in [0.1, 0.15) is 23.6 Å². The fourth-order valence-electron chi connectivity index (χ4n) is 3.00. The van der Waals surface area contributed by atoms with Crippen LogP contribution >= 0.6 is 23.2 Å². The van der Waals surface area contributed by atoms with Crippen LogP contribution < -0.4 is 19.5 Å². The summed E-state index contributed by atoms with van der Waals surface area (Å²) in [6.07, 6.45) is 0. The summed E-state index contributed by atoms with van der Waals surface area (Å²) in [4.78, 5) is 0. The van der Waals surface area contributed by atoms with Gasteiger partial charge in [0.05, 0.1) is 18.7 Å². The van der Waals surface area contributed by atoms with E-state index in [2.05, 4.69) is 5.32 Å². The number of halogens is 2. The maximum absolute atomic E-state index is 6.52. The van der Waals surface area contributed by atoms with Crippen molar-refractivity contribution in [2.75, 3.05) is 13.7 Å². The van der Waals surface area contributed by atoms with Gasteiger partial charge in [0, 0.05) is 18.1 Å². The molecular formula is C24H25Cl2NO3. The molecule has 0 amide bonds. The van der Waals surface area contributed by atoms with Crippen molar-refractivity contribution in [3.8, 4) is 17.2 Å². The summed E-state index contributed by atoms with van der Waals surface area (Å²) in [5.41, 5.74) is 3.16. The molecule has 0 bridgehead atoms. The van der Waals surface area contributed by atoms with E-state index in [1.807, 2.05) is 67.6 Å². The second-order valence-electron chi connectivity index (χ2n) is 6.71. The smallest absolute Gasteiger partial charge is 0.180 e. The molecule has 0 fully saturated rings. The number of ether oxygens (including phenoxy) is 3. The Balaban J connectivity index is 1.65. The molecule has 0 atom stereocenters. The van der Waals surface area contributed by atoms with E-state index in [1.54, 1.807) is 7.11 Å². The second-order valence-corrected chi connectivity index (χ2v) is 7.55. The van der Waals surface area contributed by atoms with Crippen molar-refractivity contribution in [2.45, 2.75) is 26.6 Å². The molecule has 3 rings (SSSR count). The Hall–Kier alpha value is -2.40. The molecule has 0 saturated heterocycles. The van der Waals surface area contributed by atoms with Crippen molar-refractivity contribution in [3.05, 3.63) is 87.4 Å². The Kier molecular flexibility index (Phi) is 8.26. The molecule has 0 aliphatic rings. The van der Waals surface area contributed by atoms with Crippen LogP contribution in [0.25, 0.3) is 0 Å². The van der Waals surface area contributed by atoms with Crippen molar-refractivity contribution in [1.29, 1.82) is 0 Å². The highest BCUT2D eigenvalue weighted by atomic mass is 35.5. The van der Waals surface area contributed by atoms with Gasteiger partial charge in [-0.1, -0.05) is 47.5 Å². The molecule has 30 heavy (non-hydrogen) atoms. The highest BCUT2D eigenvalue weighted by Gasteiger charge is 2.13. The van der Waals surface area contributed by atoms with Crippen LogP contribution in [0.2, 0.25) is 10.0 Å². The van der Waals surface area contributed by atoms with Crippen LogP contribution in [0.4, 0.5) is 0 Å². The van der Waals surface area contributed by atoms with E-state index in [0.717, 1.165) is 23.4 Å². The SMILES string of the molecule is CCOc1cc(CNCc2ccc(OC)cc2)cc(Cl)c1OCc1cccc(Cl)c1. The number of methoxy groups -OCH3 is 1. The normalized spacial score (nSPS) is 10.7. The summed E-state index contributed by atoms with van der Waals surface area (Å²) in [5.74, 6) is 2.02. The van der Waals surface area contributed by atoms with E-state index in [4.69, 9.17) is 37.4 Å². The minimum Gasteiger partial charge on any atom is -0.497 e. The summed E-state index contributed by atoms with van der Waals surface area (Å²) in [7, 11) is 1.66. The molecule has 0 aromatic heterocycles. The van der Waals surface area contributed by atoms with E-state index in [1.165, 1.54) is 5.56 Å². The van der Waals surface area contributed by atoms with Crippen LogP contribution in [0.5, 0.6) is 17.2 Å². The molecule has 0 radical (unpaired) electrons. The van der Waals surface area contributed by atoms with Gasteiger partial charge in [-0.25, -0.2) is 0 Å². The summed E-state index contributed by atoms with van der Waals surface area (Å²) >= 11 is 12.6. The molecule has 0 aliphatic carbocycles. The van der Waals surface area contributed by atoms with Gasteiger partial charge in [0.2, 0.25) is 0 Å². The van der Waals surface area contributed by atoms with E-state index in [0.29, 0.717) is 41.3 Å². The lowest BCUT2D eigenvalue weighted by atomic mass is 10.1. The maximum atomic E-state index is 6.52. The van der Waals surface area contributed by atoms with Crippen LogP contribution in [-0.2, 0) is 19.7 Å². The quantitative estimate of drug-likeness (QED) is 0.399. The van der Waals surface area contributed by atoms with Crippen molar-refractivity contribution in [1.82, 2.24) is 5.32 Å². The predicted octanol–water partition coefficient (Wildman–Crippen LogP) is 6.27. The summed E-state index contributed by atoms with van der Waals surface area (Å²) in [6.45, 7) is 4.20. The summed E-state index contributed by atoms with van der Waals surface area (Å²) in [5, 5.41) is 4.61. The first-order chi connectivity index (χ1) is 14.6. The molecule has 6 heteroatoms. The molecule has 3 aromatic carbocycles. The third-order valence-corrected chi connectivity index (χ3v) is 4.97. The molecule has 0 heterocycles. The topological polar surface area (TPSA) is 39.7 Å². The Morgan fingerprint density at radius 3 is 2.30 bits per heavy atom. The average molecular weight is 446 g/mol. The van der Waals surface area contributed by atoms with Crippen molar-refractivity contribution >= 4 is 23.2 Å². The van der Waals surface area contributed by atoms with Gasteiger partial charge in [0.25, 0.3) is 0 Å². The molecular weight excluding hydrogens is 421 g/mol. The first-order valence-corrected chi connectivity index (χ1v) is 10.5. The van der Waals surface area contributed by atoms with Crippen molar-refractivity contribution in [3.63, 3.8) is 0 Å². The van der Waals surface area contributed by atoms with Gasteiger partial charge in [-0.3, -0.25) is 0 Å². The molecule has 0 saturated carbocycles. The maximum Gasteiger partial charge on any atom is 0.180 e. The van der Waals surface area contributed by atoms with Crippen LogP contribution in [0, 0.1) is 0 Å². The number of benzene rings is 3. The third-order valence-electron chi connectivity index (χ3n) is 4.46. The van der Waals surface area contributed by atoms with Gasteiger partial charge in [-0.05, 0) is 60.0 Å². The first-order valence-electron chi connectivity index (χ1n) is 9.75. The first kappa shape index (κ1) is 22.3. The third kappa shape index (κ3) is 6.30. The van der Waals surface area contributed by atoms with Gasteiger partial charge in [-0.2, -0.15) is 0 Å². The number of hydrogen-bond donors (Lipinski definition) is 1. The zero-order chi connectivity index (χ0) is 21.3. The minimum absolute atomic E-state index is 0.357. The lowest BCUT2D eigenvalue weighted by molar-refractivity contribution is 0.269. The lowest BCUT2D eigenvalue weighted by Crippen LogP contribution is -2.13.